The third kappa shape index (κ3) is 5.41. The lowest BCUT2D eigenvalue weighted by atomic mass is 10.2. The highest BCUT2D eigenvalue weighted by molar-refractivity contribution is 5.78. The summed E-state index contributed by atoms with van der Waals surface area (Å²) in [5.41, 5.74) is 1.49. The molecule has 0 fully saturated rings. The van der Waals surface area contributed by atoms with Crippen LogP contribution in [0.15, 0.2) is 36.4 Å². The lowest BCUT2D eigenvalue weighted by molar-refractivity contribution is 0.112. The van der Waals surface area contributed by atoms with E-state index in [0.717, 1.165) is 30.4 Å². The van der Waals surface area contributed by atoms with Crippen molar-refractivity contribution in [1.29, 1.82) is 0 Å². The van der Waals surface area contributed by atoms with E-state index in [-0.39, 0.29) is 0 Å². The Morgan fingerprint density at radius 1 is 0.885 bits per heavy atom. The van der Waals surface area contributed by atoms with Crippen molar-refractivity contribution >= 4 is 6.29 Å². The lowest BCUT2D eigenvalue weighted by Gasteiger charge is -2.17. The van der Waals surface area contributed by atoms with Gasteiger partial charge in [-0.2, -0.15) is 0 Å². The van der Waals surface area contributed by atoms with E-state index < -0.39 is 0 Å². The van der Waals surface area contributed by atoms with Crippen molar-refractivity contribution in [1.82, 2.24) is 0 Å². The van der Waals surface area contributed by atoms with Crippen LogP contribution in [0.5, 0.6) is 23.0 Å². The van der Waals surface area contributed by atoms with Gasteiger partial charge in [0.15, 0.2) is 11.5 Å². The minimum atomic E-state index is 0.357. The van der Waals surface area contributed by atoms with Crippen LogP contribution in [0.4, 0.5) is 0 Å². The standard InChI is InChI=1S/C21H26O5/c1-4-10-24-19-12-17(14-22)13-20(25-11-5-2)21(19)26-15-16-6-8-18(23-3)9-7-16/h6-9,12-14H,4-5,10-11,15H2,1-3H3. The summed E-state index contributed by atoms with van der Waals surface area (Å²) in [6, 6.07) is 11.0. The molecule has 0 heterocycles. The van der Waals surface area contributed by atoms with Crippen LogP contribution < -0.4 is 18.9 Å². The normalized spacial score (nSPS) is 10.3. The molecule has 0 aliphatic heterocycles. The van der Waals surface area contributed by atoms with Gasteiger partial charge in [-0.25, -0.2) is 0 Å². The first-order valence-corrected chi connectivity index (χ1v) is 8.86. The van der Waals surface area contributed by atoms with E-state index in [0.29, 0.717) is 42.6 Å². The Labute approximate surface area is 154 Å². The fourth-order valence-electron chi connectivity index (χ4n) is 2.32. The van der Waals surface area contributed by atoms with E-state index in [1.807, 2.05) is 38.1 Å². The highest BCUT2D eigenvalue weighted by Crippen LogP contribution is 2.39. The largest absolute Gasteiger partial charge is 0.497 e. The molecule has 0 saturated heterocycles. The van der Waals surface area contributed by atoms with E-state index in [1.54, 1.807) is 19.2 Å². The number of hydrogen-bond donors (Lipinski definition) is 0. The molecule has 0 N–H and O–H groups in total. The summed E-state index contributed by atoms with van der Waals surface area (Å²) in [5, 5.41) is 0. The zero-order valence-electron chi connectivity index (χ0n) is 15.6. The molecule has 26 heavy (non-hydrogen) atoms. The highest BCUT2D eigenvalue weighted by Gasteiger charge is 2.16. The van der Waals surface area contributed by atoms with Crippen LogP contribution in [0.1, 0.15) is 42.6 Å². The fourth-order valence-corrected chi connectivity index (χ4v) is 2.32. The number of aldehydes is 1. The molecule has 140 valence electrons. The summed E-state index contributed by atoms with van der Waals surface area (Å²) in [5.74, 6) is 2.36. The predicted molar refractivity (Wildman–Crippen MR) is 101 cm³/mol. The molecule has 0 amide bonds. The van der Waals surface area contributed by atoms with E-state index in [2.05, 4.69) is 0 Å². The first-order chi connectivity index (χ1) is 12.7. The first-order valence-electron chi connectivity index (χ1n) is 8.86. The molecule has 0 radical (unpaired) electrons. The van der Waals surface area contributed by atoms with Crippen molar-refractivity contribution in [3.05, 3.63) is 47.5 Å². The summed E-state index contributed by atoms with van der Waals surface area (Å²) >= 11 is 0. The molecule has 5 nitrogen and oxygen atoms in total. The molecule has 0 atom stereocenters. The van der Waals surface area contributed by atoms with Crippen LogP contribution >= 0.6 is 0 Å². The zero-order chi connectivity index (χ0) is 18.8. The smallest absolute Gasteiger partial charge is 0.203 e. The Balaban J connectivity index is 2.26. The SMILES string of the molecule is CCCOc1cc(C=O)cc(OCCC)c1OCc1ccc(OC)cc1. The molecule has 0 bridgehead atoms. The van der Waals surface area contributed by atoms with Crippen molar-refractivity contribution in [2.45, 2.75) is 33.3 Å². The second-order valence-corrected chi connectivity index (χ2v) is 5.80. The van der Waals surface area contributed by atoms with Crippen LogP contribution in [0.25, 0.3) is 0 Å². The number of hydrogen-bond acceptors (Lipinski definition) is 5. The van der Waals surface area contributed by atoms with Gasteiger partial charge in [0, 0.05) is 5.56 Å². The van der Waals surface area contributed by atoms with Crippen LogP contribution in [0.2, 0.25) is 0 Å². The van der Waals surface area contributed by atoms with Gasteiger partial charge in [-0.15, -0.1) is 0 Å². The average molecular weight is 358 g/mol. The van der Waals surface area contributed by atoms with Crippen molar-refractivity contribution in [3.63, 3.8) is 0 Å². The predicted octanol–water partition coefficient (Wildman–Crippen LogP) is 4.66. The second-order valence-electron chi connectivity index (χ2n) is 5.80. The minimum absolute atomic E-state index is 0.357. The van der Waals surface area contributed by atoms with Crippen molar-refractivity contribution in [2.24, 2.45) is 0 Å². The number of ether oxygens (including phenoxy) is 4. The molecule has 5 heteroatoms. The molecule has 0 aromatic heterocycles. The maximum absolute atomic E-state index is 11.2. The first kappa shape index (κ1) is 19.6. The number of carbonyl (C=O) groups is 1. The summed E-state index contributed by atoms with van der Waals surface area (Å²) in [7, 11) is 1.63. The van der Waals surface area contributed by atoms with Gasteiger partial charge in [-0.3, -0.25) is 4.79 Å². The molecule has 0 aliphatic carbocycles. The quantitative estimate of drug-likeness (QED) is 0.547. The Bertz CT molecular complexity index is 665. The molecule has 0 unspecified atom stereocenters. The topological polar surface area (TPSA) is 54.0 Å². The van der Waals surface area contributed by atoms with Crippen LogP contribution in [0.3, 0.4) is 0 Å². The summed E-state index contributed by atoms with van der Waals surface area (Å²) in [6.45, 7) is 5.48. The van der Waals surface area contributed by atoms with E-state index in [4.69, 9.17) is 18.9 Å². The summed E-state index contributed by atoms with van der Waals surface area (Å²) in [4.78, 5) is 11.2. The molecule has 2 aromatic carbocycles. The van der Waals surface area contributed by atoms with Gasteiger partial charge in [-0.05, 0) is 42.7 Å². The maximum atomic E-state index is 11.2. The van der Waals surface area contributed by atoms with Gasteiger partial charge < -0.3 is 18.9 Å². The summed E-state index contributed by atoms with van der Waals surface area (Å²) in [6.07, 6.45) is 2.49. The van der Waals surface area contributed by atoms with Gasteiger partial charge >= 0.3 is 0 Å². The van der Waals surface area contributed by atoms with E-state index in [9.17, 15) is 4.79 Å². The summed E-state index contributed by atoms with van der Waals surface area (Å²) < 4.78 is 22.8. The number of benzene rings is 2. The van der Waals surface area contributed by atoms with Crippen LogP contribution in [-0.2, 0) is 6.61 Å². The van der Waals surface area contributed by atoms with Gasteiger partial charge in [0.1, 0.15) is 18.6 Å². The highest BCUT2D eigenvalue weighted by atomic mass is 16.5. The van der Waals surface area contributed by atoms with Crippen molar-refractivity contribution in [2.75, 3.05) is 20.3 Å². The van der Waals surface area contributed by atoms with Crippen LogP contribution in [0, 0.1) is 0 Å². The molecule has 2 aromatic rings. The van der Waals surface area contributed by atoms with Gasteiger partial charge in [0.25, 0.3) is 0 Å². The number of carbonyl (C=O) groups excluding carboxylic acids is 1. The monoisotopic (exact) mass is 358 g/mol. The fraction of sp³-hybridized carbons (Fsp3) is 0.381. The van der Waals surface area contributed by atoms with Gasteiger partial charge in [0.2, 0.25) is 5.75 Å². The molecule has 0 aliphatic rings. The van der Waals surface area contributed by atoms with E-state index in [1.165, 1.54) is 0 Å². The molecule has 2 rings (SSSR count). The molecular formula is C21H26O5. The number of rotatable bonds is 11. The lowest BCUT2D eigenvalue weighted by Crippen LogP contribution is -2.05. The molecule has 0 saturated carbocycles. The Morgan fingerprint density at radius 2 is 1.46 bits per heavy atom. The van der Waals surface area contributed by atoms with Gasteiger partial charge in [-0.1, -0.05) is 26.0 Å². The van der Waals surface area contributed by atoms with Gasteiger partial charge in [0.05, 0.1) is 20.3 Å². The Kier molecular flexibility index (Phi) is 7.80. The van der Waals surface area contributed by atoms with Crippen LogP contribution in [-0.4, -0.2) is 26.6 Å². The van der Waals surface area contributed by atoms with Crippen molar-refractivity contribution < 1.29 is 23.7 Å². The Morgan fingerprint density at radius 3 is 1.92 bits per heavy atom. The second kappa shape index (κ2) is 10.3. The third-order valence-electron chi connectivity index (χ3n) is 3.64. The minimum Gasteiger partial charge on any atom is -0.497 e. The average Bonchev–Trinajstić information content (AvgIpc) is 2.69. The Hall–Kier alpha value is -2.69. The third-order valence-corrected chi connectivity index (χ3v) is 3.64. The molecule has 0 spiro atoms. The number of methoxy groups -OCH3 is 1. The molecular weight excluding hydrogens is 332 g/mol. The zero-order valence-corrected chi connectivity index (χ0v) is 15.6. The van der Waals surface area contributed by atoms with E-state index >= 15 is 0 Å². The maximum Gasteiger partial charge on any atom is 0.203 e. The van der Waals surface area contributed by atoms with Crippen molar-refractivity contribution in [3.8, 4) is 23.0 Å².